The van der Waals surface area contributed by atoms with E-state index in [1.165, 1.54) is 0 Å². The van der Waals surface area contributed by atoms with Gasteiger partial charge in [0.1, 0.15) is 0 Å². The molecule has 1 spiro atoms. The molecule has 1 aromatic rings. The van der Waals surface area contributed by atoms with E-state index in [1.807, 2.05) is 36.1 Å². The lowest BCUT2D eigenvalue weighted by Crippen LogP contribution is -2.58. The lowest BCUT2D eigenvalue weighted by atomic mass is 9.91. The fourth-order valence-electron chi connectivity index (χ4n) is 4.31. The summed E-state index contributed by atoms with van der Waals surface area (Å²) in [7, 11) is 0. The molecule has 0 bridgehead atoms. The van der Waals surface area contributed by atoms with Gasteiger partial charge in [-0.25, -0.2) is 0 Å². The zero-order chi connectivity index (χ0) is 18.1. The predicted octanol–water partition coefficient (Wildman–Crippen LogP) is 2.22. The highest BCUT2D eigenvalue weighted by Crippen LogP contribution is 2.32. The Balaban J connectivity index is 1.54. The molecule has 4 rings (SSSR count). The maximum atomic E-state index is 13.2. The van der Waals surface area contributed by atoms with E-state index in [-0.39, 0.29) is 23.5 Å². The maximum absolute atomic E-state index is 13.2. The number of carbonyl (C=O) groups is 2. The van der Waals surface area contributed by atoms with Gasteiger partial charge in [-0.15, -0.1) is 0 Å². The number of ether oxygens (including phenoxy) is 2. The SMILES string of the molecule is CC1CN(C(=O)c2cccc(N3CCCC3=O)c2)CC2(CCOCC2)O1. The molecule has 6 nitrogen and oxygen atoms in total. The molecule has 1 unspecified atom stereocenters. The molecular weight excluding hydrogens is 332 g/mol. The average Bonchev–Trinajstić information content (AvgIpc) is 3.07. The molecular formula is C20H26N2O4. The van der Waals surface area contributed by atoms with Gasteiger partial charge in [0.05, 0.1) is 18.2 Å². The van der Waals surface area contributed by atoms with Crippen LogP contribution in [0.5, 0.6) is 0 Å². The summed E-state index contributed by atoms with van der Waals surface area (Å²) in [6, 6.07) is 7.45. The predicted molar refractivity (Wildman–Crippen MR) is 97.3 cm³/mol. The van der Waals surface area contributed by atoms with Crippen LogP contribution in [0.15, 0.2) is 24.3 Å². The molecule has 0 aromatic heterocycles. The molecule has 26 heavy (non-hydrogen) atoms. The molecule has 0 aliphatic carbocycles. The highest BCUT2D eigenvalue weighted by atomic mass is 16.5. The van der Waals surface area contributed by atoms with Gasteiger partial charge in [-0.2, -0.15) is 0 Å². The molecule has 140 valence electrons. The summed E-state index contributed by atoms with van der Waals surface area (Å²) in [6.07, 6.45) is 3.12. The van der Waals surface area contributed by atoms with Crippen LogP contribution in [-0.4, -0.2) is 61.3 Å². The molecule has 3 aliphatic rings. The first-order chi connectivity index (χ1) is 12.6. The molecule has 1 aromatic carbocycles. The Morgan fingerprint density at radius 1 is 1.27 bits per heavy atom. The topological polar surface area (TPSA) is 59.1 Å². The highest BCUT2D eigenvalue weighted by molar-refractivity contribution is 5.99. The lowest BCUT2D eigenvalue weighted by Gasteiger charge is -2.47. The summed E-state index contributed by atoms with van der Waals surface area (Å²) in [4.78, 5) is 28.8. The van der Waals surface area contributed by atoms with Gasteiger partial charge in [-0.05, 0) is 31.5 Å². The minimum Gasteiger partial charge on any atom is -0.381 e. The van der Waals surface area contributed by atoms with Crippen molar-refractivity contribution < 1.29 is 19.1 Å². The molecule has 0 radical (unpaired) electrons. The Kier molecular flexibility index (Phi) is 4.71. The fraction of sp³-hybridized carbons (Fsp3) is 0.600. The van der Waals surface area contributed by atoms with E-state index in [2.05, 4.69) is 0 Å². The second kappa shape index (κ2) is 7.00. The Bertz CT molecular complexity index is 699. The quantitative estimate of drug-likeness (QED) is 0.813. The van der Waals surface area contributed by atoms with Crippen molar-refractivity contribution in [3.8, 4) is 0 Å². The van der Waals surface area contributed by atoms with Crippen LogP contribution in [-0.2, 0) is 14.3 Å². The van der Waals surface area contributed by atoms with Crippen LogP contribution in [0.1, 0.15) is 43.0 Å². The maximum Gasteiger partial charge on any atom is 0.254 e. The third-order valence-electron chi connectivity index (χ3n) is 5.58. The van der Waals surface area contributed by atoms with Crippen LogP contribution in [0.2, 0.25) is 0 Å². The molecule has 0 N–H and O–H groups in total. The summed E-state index contributed by atoms with van der Waals surface area (Å²) in [6.45, 7) is 5.31. The summed E-state index contributed by atoms with van der Waals surface area (Å²) in [5.74, 6) is 0.148. The minimum absolute atomic E-state index is 0.00847. The normalized spacial score (nSPS) is 25.7. The van der Waals surface area contributed by atoms with Crippen molar-refractivity contribution in [1.29, 1.82) is 0 Å². The number of benzene rings is 1. The van der Waals surface area contributed by atoms with Gasteiger partial charge in [0.15, 0.2) is 0 Å². The van der Waals surface area contributed by atoms with E-state index in [0.717, 1.165) is 31.5 Å². The Hall–Kier alpha value is -1.92. The van der Waals surface area contributed by atoms with Crippen LogP contribution in [0.4, 0.5) is 5.69 Å². The molecule has 3 aliphatic heterocycles. The third kappa shape index (κ3) is 3.35. The van der Waals surface area contributed by atoms with E-state index in [1.54, 1.807) is 4.90 Å². The summed E-state index contributed by atoms with van der Waals surface area (Å²) in [5.41, 5.74) is 1.17. The van der Waals surface area contributed by atoms with Gasteiger partial charge in [0, 0.05) is 56.8 Å². The van der Waals surface area contributed by atoms with Crippen molar-refractivity contribution in [2.45, 2.75) is 44.3 Å². The molecule has 2 amide bonds. The Morgan fingerprint density at radius 2 is 2.08 bits per heavy atom. The smallest absolute Gasteiger partial charge is 0.254 e. The van der Waals surface area contributed by atoms with E-state index < -0.39 is 0 Å². The Morgan fingerprint density at radius 3 is 2.81 bits per heavy atom. The van der Waals surface area contributed by atoms with Gasteiger partial charge in [-0.1, -0.05) is 6.07 Å². The largest absolute Gasteiger partial charge is 0.381 e. The first-order valence-corrected chi connectivity index (χ1v) is 9.52. The van der Waals surface area contributed by atoms with Crippen molar-refractivity contribution in [2.24, 2.45) is 0 Å². The van der Waals surface area contributed by atoms with Crippen molar-refractivity contribution in [3.05, 3.63) is 29.8 Å². The van der Waals surface area contributed by atoms with Crippen LogP contribution < -0.4 is 4.90 Å². The summed E-state index contributed by atoms with van der Waals surface area (Å²) < 4.78 is 11.7. The monoisotopic (exact) mass is 358 g/mol. The number of carbonyl (C=O) groups excluding carboxylic acids is 2. The van der Waals surface area contributed by atoms with Crippen molar-refractivity contribution in [2.75, 3.05) is 37.7 Å². The summed E-state index contributed by atoms with van der Waals surface area (Å²) >= 11 is 0. The van der Waals surface area contributed by atoms with E-state index in [0.29, 0.717) is 38.3 Å². The number of anilines is 1. The first-order valence-electron chi connectivity index (χ1n) is 9.52. The molecule has 3 fully saturated rings. The third-order valence-corrected chi connectivity index (χ3v) is 5.58. The minimum atomic E-state index is -0.284. The van der Waals surface area contributed by atoms with Gasteiger partial charge >= 0.3 is 0 Å². The zero-order valence-electron chi connectivity index (χ0n) is 15.3. The van der Waals surface area contributed by atoms with Gasteiger partial charge < -0.3 is 19.3 Å². The second-order valence-corrected chi connectivity index (χ2v) is 7.61. The average molecular weight is 358 g/mol. The zero-order valence-corrected chi connectivity index (χ0v) is 15.3. The van der Waals surface area contributed by atoms with Crippen molar-refractivity contribution >= 4 is 17.5 Å². The molecule has 3 saturated heterocycles. The molecule has 3 heterocycles. The van der Waals surface area contributed by atoms with Crippen LogP contribution >= 0.6 is 0 Å². The number of hydrogen-bond acceptors (Lipinski definition) is 4. The first kappa shape index (κ1) is 17.5. The van der Waals surface area contributed by atoms with Crippen LogP contribution in [0.25, 0.3) is 0 Å². The van der Waals surface area contributed by atoms with Gasteiger partial charge in [-0.3, -0.25) is 9.59 Å². The van der Waals surface area contributed by atoms with Crippen molar-refractivity contribution in [3.63, 3.8) is 0 Å². The van der Waals surface area contributed by atoms with E-state index in [9.17, 15) is 9.59 Å². The van der Waals surface area contributed by atoms with Gasteiger partial charge in [0.2, 0.25) is 5.91 Å². The summed E-state index contributed by atoms with van der Waals surface area (Å²) in [5, 5.41) is 0. The van der Waals surface area contributed by atoms with E-state index in [4.69, 9.17) is 9.47 Å². The number of morpholine rings is 1. The Labute approximate surface area is 154 Å². The highest BCUT2D eigenvalue weighted by Gasteiger charge is 2.42. The number of rotatable bonds is 2. The number of nitrogens with zero attached hydrogens (tertiary/aromatic N) is 2. The van der Waals surface area contributed by atoms with Gasteiger partial charge in [0.25, 0.3) is 5.91 Å². The standard InChI is InChI=1S/C20H26N2O4/c1-15-13-21(14-20(26-15)7-10-25-11-8-20)19(24)16-4-2-5-17(12-16)22-9-3-6-18(22)23/h2,4-5,12,15H,3,6-11,13-14H2,1H3. The lowest BCUT2D eigenvalue weighted by molar-refractivity contribution is -0.176. The molecule has 1 atom stereocenters. The second-order valence-electron chi connectivity index (χ2n) is 7.61. The van der Waals surface area contributed by atoms with Crippen LogP contribution in [0, 0.1) is 0 Å². The van der Waals surface area contributed by atoms with E-state index >= 15 is 0 Å². The fourth-order valence-corrected chi connectivity index (χ4v) is 4.31. The number of amides is 2. The van der Waals surface area contributed by atoms with Crippen LogP contribution in [0.3, 0.4) is 0 Å². The number of hydrogen-bond donors (Lipinski definition) is 0. The van der Waals surface area contributed by atoms with Crippen molar-refractivity contribution in [1.82, 2.24) is 4.90 Å². The molecule has 6 heteroatoms. The molecule has 0 saturated carbocycles.